The maximum Gasteiger partial charge on any atom is 0.183 e. The second-order valence-electron chi connectivity index (χ2n) is 5.01. The molecule has 0 amide bonds. The molecule has 1 saturated heterocycles. The summed E-state index contributed by atoms with van der Waals surface area (Å²) in [4.78, 5) is 2.35. The zero-order chi connectivity index (χ0) is 13.7. The van der Waals surface area contributed by atoms with E-state index < -0.39 is 11.6 Å². The van der Waals surface area contributed by atoms with Crippen LogP contribution in [0.1, 0.15) is 25.7 Å². The highest BCUT2D eigenvalue weighted by Crippen LogP contribution is 2.24. The lowest BCUT2D eigenvalue weighted by Gasteiger charge is -2.20. The van der Waals surface area contributed by atoms with Crippen LogP contribution in [-0.4, -0.2) is 31.1 Å². The summed E-state index contributed by atoms with van der Waals surface area (Å²) < 4.78 is 26.7. The number of benzene rings is 1. The van der Waals surface area contributed by atoms with Gasteiger partial charge in [-0.2, -0.15) is 0 Å². The van der Waals surface area contributed by atoms with E-state index in [4.69, 9.17) is 5.73 Å². The van der Waals surface area contributed by atoms with Crippen molar-refractivity contribution >= 4 is 11.4 Å². The van der Waals surface area contributed by atoms with Crippen LogP contribution in [-0.2, 0) is 0 Å². The monoisotopic (exact) mass is 269 g/mol. The molecule has 0 saturated carbocycles. The molecule has 3 nitrogen and oxygen atoms in total. The average Bonchev–Trinajstić information content (AvgIpc) is 2.67. The van der Waals surface area contributed by atoms with Gasteiger partial charge in [-0.25, -0.2) is 8.78 Å². The van der Waals surface area contributed by atoms with Crippen molar-refractivity contribution in [3.05, 3.63) is 23.8 Å². The molecule has 1 aromatic rings. The van der Waals surface area contributed by atoms with Crippen molar-refractivity contribution in [3.63, 3.8) is 0 Å². The van der Waals surface area contributed by atoms with E-state index in [1.807, 2.05) is 0 Å². The van der Waals surface area contributed by atoms with E-state index >= 15 is 0 Å². The normalized spacial score (nSPS) is 17.2. The lowest BCUT2D eigenvalue weighted by molar-refractivity contribution is 0.296. The number of nitrogens with two attached hydrogens (primary N) is 1. The van der Waals surface area contributed by atoms with Gasteiger partial charge in [-0.1, -0.05) is 12.8 Å². The van der Waals surface area contributed by atoms with Gasteiger partial charge in [0.2, 0.25) is 0 Å². The second kappa shape index (κ2) is 6.70. The van der Waals surface area contributed by atoms with Crippen molar-refractivity contribution in [1.82, 2.24) is 4.90 Å². The maximum absolute atomic E-state index is 13.6. The van der Waals surface area contributed by atoms with Crippen LogP contribution in [0.25, 0.3) is 0 Å². The Kier molecular flexibility index (Phi) is 4.96. The molecule has 0 aliphatic carbocycles. The Morgan fingerprint density at radius 1 is 1.11 bits per heavy atom. The summed E-state index contributed by atoms with van der Waals surface area (Å²) in [6.07, 6.45) is 5.01. The van der Waals surface area contributed by atoms with Gasteiger partial charge in [0.05, 0.1) is 11.4 Å². The minimum Gasteiger partial charge on any atom is -0.397 e. The van der Waals surface area contributed by atoms with Gasteiger partial charge >= 0.3 is 0 Å². The topological polar surface area (TPSA) is 41.3 Å². The molecule has 0 unspecified atom stereocenters. The van der Waals surface area contributed by atoms with E-state index in [9.17, 15) is 8.78 Å². The third-order valence-electron chi connectivity index (χ3n) is 3.56. The van der Waals surface area contributed by atoms with Crippen molar-refractivity contribution in [2.45, 2.75) is 25.7 Å². The SMILES string of the molecule is Nc1ccc(F)c(F)c1NCCN1CCCCCC1. The number of nitrogens with zero attached hydrogens (tertiary/aromatic N) is 1. The van der Waals surface area contributed by atoms with Gasteiger partial charge in [0.25, 0.3) is 0 Å². The molecule has 1 aliphatic heterocycles. The van der Waals surface area contributed by atoms with Gasteiger partial charge in [-0.3, -0.25) is 0 Å². The van der Waals surface area contributed by atoms with Crippen LogP contribution >= 0.6 is 0 Å². The summed E-state index contributed by atoms with van der Waals surface area (Å²) in [6.45, 7) is 3.57. The Hall–Kier alpha value is -1.36. The van der Waals surface area contributed by atoms with E-state index in [-0.39, 0.29) is 11.4 Å². The van der Waals surface area contributed by atoms with E-state index in [0.29, 0.717) is 6.54 Å². The lowest BCUT2D eigenvalue weighted by atomic mass is 10.2. The predicted octanol–water partition coefficient (Wildman–Crippen LogP) is 2.83. The molecule has 0 radical (unpaired) electrons. The first kappa shape index (κ1) is 14.1. The van der Waals surface area contributed by atoms with Gasteiger partial charge in [0.15, 0.2) is 11.6 Å². The van der Waals surface area contributed by atoms with E-state index in [1.165, 1.54) is 31.7 Å². The lowest BCUT2D eigenvalue weighted by Crippen LogP contribution is -2.30. The number of likely N-dealkylation sites (tertiary alicyclic amines) is 1. The van der Waals surface area contributed by atoms with E-state index in [1.54, 1.807) is 0 Å². The van der Waals surface area contributed by atoms with Crippen molar-refractivity contribution in [3.8, 4) is 0 Å². The van der Waals surface area contributed by atoms with Crippen LogP contribution in [0.3, 0.4) is 0 Å². The van der Waals surface area contributed by atoms with Crippen LogP contribution < -0.4 is 11.1 Å². The zero-order valence-corrected chi connectivity index (χ0v) is 11.1. The largest absolute Gasteiger partial charge is 0.397 e. The summed E-state index contributed by atoms with van der Waals surface area (Å²) in [7, 11) is 0. The van der Waals surface area contributed by atoms with Gasteiger partial charge in [-0.05, 0) is 38.1 Å². The number of hydrogen-bond donors (Lipinski definition) is 2. The molecule has 3 N–H and O–H groups in total. The highest BCUT2D eigenvalue weighted by molar-refractivity contribution is 5.66. The first-order valence-corrected chi connectivity index (χ1v) is 6.88. The molecule has 0 atom stereocenters. The summed E-state index contributed by atoms with van der Waals surface area (Å²) in [5, 5.41) is 2.91. The third-order valence-corrected chi connectivity index (χ3v) is 3.56. The van der Waals surface area contributed by atoms with Gasteiger partial charge in [-0.15, -0.1) is 0 Å². The molecule has 0 aromatic heterocycles. The van der Waals surface area contributed by atoms with Crippen LogP contribution in [0.2, 0.25) is 0 Å². The molecule has 1 aromatic carbocycles. The quantitative estimate of drug-likeness (QED) is 0.826. The van der Waals surface area contributed by atoms with Gasteiger partial charge < -0.3 is 16.0 Å². The second-order valence-corrected chi connectivity index (χ2v) is 5.01. The number of halogens is 2. The fourth-order valence-corrected chi connectivity index (χ4v) is 2.44. The third kappa shape index (κ3) is 3.80. The van der Waals surface area contributed by atoms with E-state index in [0.717, 1.165) is 25.7 Å². The summed E-state index contributed by atoms with van der Waals surface area (Å²) >= 11 is 0. The standard InChI is InChI=1S/C14H21F2N3/c15-11-5-6-12(17)14(13(11)16)18-7-10-19-8-3-1-2-4-9-19/h5-6,18H,1-4,7-10,17H2. The summed E-state index contributed by atoms with van der Waals surface area (Å²) in [5.74, 6) is -1.76. The zero-order valence-electron chi connectivity index (χ0n) is 11.1. The maximum atomic E-state index is 13.6. The predicted molar refractivity (Wildman–Crippen MR) is 74.2 cm³/mol. The Labute approximate surface area is 112 Å². The van der Waals surface area contributed by atoms with Crippen molar-refractivity contribution in [2.75, 3.05) is 37.2 Å². The number of nitrogen functional groups attached to an aromatic ring is 1. The van der Waals surface area contributed by atoms with Crippen molar-refractivity contribution in [1.29, 1.82) is 0 Å². The highest BCUT2D eigenvalue weighted by atomic mass is 19.2. The highest BCUT2D eigenvalue weighted by Gasteiger charge is 2.12. The summed E-state index contributed by atoms with van der Waals surface area (Å²) in [6, 6.07) is 2.43. The number of anilines is 2. The van der Waals surface area contributed by atoms with Gasteiger partial charge in [0.1, 0.15) is 0 Å². The van der Waals surface area contributed by atoms with Gasteiger partial charge in [0, 0.05) is 13.1 Å². The number of hydrogen-bond acceptors (Lipinski definition) is 3. The minimum absolute atomic E-state index is 0.0785. The van der Waals surface area contributed by atoms with Crippen LogP contribution in [0.5, 0.6) is 0 Å². The number of rotatable bonds is 4. The molecule has 19 heavy (non-hydrogen) atoms. The molecule has 1 aliphatic rings. The number of nitrogens with one attached hydrogen (secondary N) is 1. The Bertz CT molecular complexity index is 415. The molecular weight excluding hydrogens is 248 g/mol. The molecule has 1 heterocycles. The molecule has 1 fully saturated rings. The fraction of sp³-hybridized carbons (Fsp3) is 0.571. The average molecular weight is 269 g/mol. The van der Waals surface area contributed by atoms with Crippen LogP contribution in [0.4, 0.5) is 20.2 Å². The van der Waals surface area contributed by atoms with Crippen molar-refractivity contribution in [2.24, 2.45) is 0 Å². The first-order chi connectivity index (χ1) is 9.18. The van der Waals surface area contributed by atoms with Crippen LogP contribution in [0, 0.1) is 11.6 Å². The van der Waals surface area contributed by atoms with E-state index in [2.05, 4.69) is 10.2 Å². The Balaban J connectivity index is 1.87. The molecule has 5 heteroatoms. The molecule has 106 valence electrons. The molecular formula is C14H21F2N3. The molecule has 2 rings (SSSR count). The smallest absolute Gasteiger partial charge is 0.183 e. The summed E-state index contributed by atoms with van der Waals surface area (Å²) in [5.41, 5.74) is 5.98. The fourth-order valence-electron chi connectivity index (χ4n) is 2.44. The van der Waals surface area contributed by atoms with Crippen LogP contribution in [0.15, 0.2) is 12.1 Å². The first-order valence-electron chi connectivity index (χ1n) is 6.88. The molecule has 0 spiro atoms. The van der Waals surface area contributed by atoms with Crippen molar-refractivity contribution < 1.29 is 8.78 Å². The Morgan fingerprint density at radius 3 is 2.47 bits per heavy atom. The minimum atomic E-state index is -0.893. The molecule has 0 bridgehead atoms. The Morgan fingerprint density at radius 2 is 1.79 bits per heavy atom.